The molecule has 72 valence electrons. The van der Waals surface area contributed by atoms with Crippen LogP contribution in [0, 0.1) is 0 Å². The van der Waals surface area contributed by atoms with Gasteiger partial charge in [-0.15, -0.1) is 11.3 Å². The third-order valence-electron chi connectivity index (χ3n) is 1.81. The fraction of sp³-hybridized carbons (Fsp3) is 0.455. The molecule has 1 rings (SSSR count). The average molecular weight is 195 g/mol. The van der Waals surface area contributed by atoms with Gasteiger partial charge in [-0.2, -0.15) is 0 Å². The minimum atomic E-state index is 0.474. The van der Waals surface area contributed by atoms with E-state index >= 15 is 0 Å². The highest BCUT2D eigenvalue weighted by Crippen LogP contribution is 2.10. The summed E-state index contributed by atoms with van der Waals surface area (Å²) in [5.41, 5.74) is 0. The zero-order valence-corrected chi connectivity index (χ0v) is 9.10. The molecule has 0 aliphatic carbocycles. The molecule has 1 heterocycles. The van der Waals surface area contributed by atoms with Crippen LogP contribution in [-0.4, -0.2) is 12.6 Å². The van der Waals surface area contributed by atoms with Gasteiger partial charge in [0.2, 0.25) is 0 Å². The fourth-order valence-electron chi connectivity index (χ4n) is 1.07. The maximum Gasteiger partial charge on any atom is 0.0267 e. The molecule has 0 aromatic carbocycles. The molecule has 1 atom stereocenters. The predicted molar refractivity (Wildman–Crippen MR) is 61.1 cm³/mol. The molecular formula is C11H17NS. The number of hydrogen-bond donors (Lipinski definition) is 1. The zero-order chi connectivity index (χ0) is 9.52. The van der Waals surface area contributed by atoms with E-state index in [2.05, 4.69) is 48.8 Å². The Kier molecular flexibility index (Phi) is 4.79. The SMILES string of the molecule is CCCNC(C)/C=C/c1cccs1. The minimum absolute atomic E-state index is 0.474. The molecular weight excluding hydrogens is 178 g/mol. The topological polar surface area (TPSA) is 12.0 Å². The quantitative estimate of drug-likeness (QED) is 0.761. The van der Waals surface area contributed by atoms with Crippen molar-refractivity contribution in [1.82, 2.24) is 5.32 Å². The Morgan fingerprint density at radius 1 is 1.62 bits per heavy atom. The second kappa shape index (κ2) is 5.95. The van der Waals surface area contributed by atoms with Gasteiger partial charge in [-0.3, -0.25) is 0 Å². The molecule has 0 saturated heterocycles. The summed E-state index contributed by atoms with van der Waals surface area (Å²) in [6.45, 7) is 5.46. The molecule has 1 aromatic heterocycles. The van der Waals surface area contributed by atoms with Gasteiger partial charge in [-0.25, -0.2) is 0 Å². The third-order valence-corrected chi connectivity index (χ3v) is 2.65. The van der Waals surface area contributed by atoms with Gasteiger partial charge in [0.05, 0.1) is 0 Å². The van der Waals surface area contributed by atoms with Crippen molar-refractivity contribution < 1.29 is 0 Å². The van der Waals surface area contributed by atoms with Crippen molar-refractivity contribution in [3.63, 3.8) is 0 Å². The molecule has 1 unspecified atom stereocenters. The van der Waals surface area contributed by atoms with Gasteiger partial charge in [0.25, 0.3) is 0 Å². The van der Waals surface area contributed by atoms with Crippen molar-refractivity contribution in [3.05, 3.63) is 28.5 Å². The summed E-state index contributed by atoms with van der Waals surface area (Å²) < 4.78 is 0. The fourth-order valence-corrected chi connectivity index (χ4v) is 1.69. The van der Waals surface area contributed by atoms with Crippen LogP contribution in [0.15, 0.2) is 23.6 Å². The van der Waals surface area contributed by atoms with Gasteiger partial charge in [-0.05, 0) is 37.4 Å². The normalized spacial score (nSPS) is 13.7. The molecule has 0 aliphatic rings. The van der Waals surface area contributed by atoms with Crippen molar-refractivity contribution >= 4 is 17.4 Å². The molecule has 2 heteroatoms. The standard InChI is InChI=1S/C11H17NS/c1-3-8-12-10(2)6-7-11-5-4-9-13-11/h4-7,9-10,12H,3,8H2,1-2H3/b7-6+. The van der Waals surface area contributed by atoms with E-state index in [1.807, 2.05) is 0 Å². The Morgan fingerprint density at radius 3 is 3.08 bits per heavy atom. The molecule has 1 nitrogen and oxygen atoms in total. The van der Waals surface area contributed by atoms with Crippen molar-refractivity contribution in [1.29, 1.82) is 0 Å². The van der Waals surface area contributed by atoms with Gasteiger partial charge < -0.3 is 5.32 Å². The van der Waals surface area contributed by atoms with Crippen LogP contribution in [0.1, 0.15) is 25.1 Å². The Balaban J connectivity index is 2.31. The monoisotopic (exact) mass is 195 g/mol. The van der Waals surface area contributed by atoms with Crippen LogP contribution in [0.25, 0.3) is 6.08 Å². The largest absolute Gasteiger partial charge is 0.311 e. The van der Waals surface area contributed by atoms with Crippen molar-refractivity contribution in [2.75, 3.05) is 6.54 Å². The summed E-state index contributed by atoms with van der Waals surface area (Å²) in [6, 6.07) is 4.68. The van der Waals surface area contributed by atoms with E-state index in [4.69, 9.17) is 0 Å². The van der Waals surface area contributed by atoms with Crippen molar-refractivity contribution in [3.8, 4) is 0 Å². The second-order valence-electron chi connectivity index (χ2n) is 3.12. The Bertz CT molecular complexity index is 239. The Morgan fingerprint density at radius 2 is 2.46 bits per heavy atom. The van der Waals surface area contributed by atoms with Gasteiger partial charge in [0.1, 0.15) is 0 Å². The summed E-state index contributed by atoms with van der Waals surface area (Å²) in [5.74, 6) is 0. The van der Waals surface area contributed by atoms with Crippen LogP contribution in [0.4, 0.5) is 0 Å². The molecule has 0 aliphatic heterocycles. The molecule has 0 radical (unpaired) electrons. The van der Waals surface area contributed by atoms with E-state index in [1.165, 1.54) is 11.3 Å². The lowest BCUT2D eigenvalue weighted by Crippen LogP contribution is -2.24. The van der Waals surface area contributed by atoms with Crippen LogP contribution in [0.3, 0.4) is 0 Å². The first kappa shape index (κ1) is 10.5. The second-order valence-corrected chi connectivity index (χ2v) is 4.10. The first-order valence-corrected chi connectivity index (χ1v) is 5.66. The van der Waals surface area contributed by atoms with Crippen LogP contribution >= 0.6 is 11.3 Å². The first-order valence-electron chi connectivity index (χ1n) is 4.78. The average Bonchev–Trinajstić information content (AvgIpc) is 2.64. The molecule has 0 spiro atoms. The summed E-state index contributed by atoms with van der Waals surface area (Å²) in [7, 11) is 0. The van der Waals surface area contributed by atoms with Crippen LogP contribution < -0.4 is 5.32 Å². The van der Waals surface area contributed by atoms with Crippen LogP contribution in [0.5, 0.6) is 0 Å². The maximum atomic E-state index is 3.41. The Labute approximate surface area is 84.5 Å². The van der Waals surface area contributed by atoms with Crippen molar-refractivity contribution in [2.24, 2.45) is 0 Å². The van der Waals surface area contributed by atoms with E-state index in [-0.39, 0.29) is 0 Å². The predicted octanol–water partition coefficient (Wildman–Crippen LogP) is 3.15. The van der Waals surface area contributed by atoms with Gasteiger partial charge in [-0.1, -0.05) is 19.1 Å². The maximum absolute atomic E-state index is 3.41. The highest BCUT2D eigenvalue weighted by molar-refractivity contribution is 7.10. The Hall–Kier alpha value is -0.600. The van der Waals surface area contributed by atoms with E-state index < -0.39 is 0 Å². The summed E-state index contributed by atoms with van der Waals surface area (Å²) in [5, 5.41) is 5.51. The molecule has 0 fully saturated rings. The lowest BCUT2D eigenvalue weighted by Gasteiger charge is -2.06. The van der Waals surface area contributed by atoms with E-state index in [1.54, 1.807) is 11.3 Å². The molecule has 0 amide bonds. The van der Waals surface area contributed by atoms with Crippen molar-refractivity contribution in [2.45, 2.75) is 26.3 Å². The van der Waals surface area contributed by atoms with E-state index in [0.717, 1.165) is 6.54 Å². The smallest absolute Gasteiger partial charge is 0.0267 e. The minimum Gasteiger partial charge on any atom is -0.311 e. The summed E-state index contributed by atoms with van der Waals surface area (Å²) in [4.78, 5) is 1.32. The lowest BCUT2D eigenvalue weighted by atomic mass is 10.3. The van der Waals surface area contributed by atoms with E-state index in [9.17, 15) is 0 Å². The third kappa shape index (κ3) is 4.25. The van der Waals surface area contributed by atoms with Gasteiger partial charge in [0.15, 0.2) is 0 Å². The first-order chi connectivity index (χ1) is 6.33. The summed E-state index contributed by atoms with van der Waals surface area (Å²) in [6.07, 6.45) is 5.58. The number of rotatable bonds is 5. The number of thiophene rings is 1. The number of hydrogen-bond acceptors (Lipinski definition) is 2. The highest BCUT2D eigenvalue weighted by atomic mass is 32.1. The molecule has 0 saturated carbocycles. The highest BCUT2D eigenvalue weighted by Gasteiger charge is 1.93. The van der Waals surface area contributed by atoms with E-state index in [0.29, 0.717) is 6.04 Å². The summed E-state index contributed by atoms with van der Waals surface area (Å²) >= 11 is 1.77. The molecule has 13 heavy (non-hydrogen) atoms. The molecule has 0 bridgehead atoms. The number of nitrogens with one attached hydrogen (secondary N) is 1. The molecule has 1 aromatic rings. The molecule has 1 N–H and O–H groups in total. The van der Waals surface area contributed by atoms with Gasteiger partial charge >= 0.3 is 0 Å². The van der Waals surface area contributed by atoms with Crippen LogP contribution in [-0.2, 0) is 0 Å². The van der Waals surface area contributed by atoms with Gasteiger partial charge in [0, 0.05) is 10.9 Å². The van der Waals surface area contributed by atoms with Crippen LogP contribution in [0.2, 0.25) is 0 Å². The lowest BCUT2D eigenvalue weighted by molar-refractivity contribution is 0.625. The zero-order valence-electron chi connectivity index (χ0n) is 8.29.